The third-order valence-corrected chi connectivity index (χ3v) is 4.10. The summed E-state index contributed by atoms with van der Waals surface area (Å²) < 4.78 is 0. The van der Waals surface area contributed by atoms with Crippen molar-refractivity contribution in [2.75, 3.05) is 24.5 Å². The molecule has 116 valence electrons. The number of nitrogens with two attached hydrogens (primary N) is 1. The van der Waals surface area contributed by atoms with E-state index in [0.29, 0.717) is 6.54 Å². The van der Waals surface area contributed by atoms with Crippen LogP contribution in [0.2, 0.25) is 0 Å². The van der Waals surface area contributed by atoms with Gasteiger partial charge in [-0.1, -0.05) is 6.92 Å². The SMILES string of the molecule is CCCNC(C)c1ccc(N2CCCC(C(N)=O)C2)cn1. The van der Waals surface area contributed by atoms with Gasteiger partial charge < -0.3 is 16.0 Å². The van der Waals surface area contributed by atoms with E-state index in [1.807, 2.05) is 6.20 Å². The van der Waals surface area contributed by atoms with Gasteiger partial charge in [0.25, 0.3) is 0 Å². The zero-order valence-electron chi connectivity index (χ0n) is 13.0. The lowest BCUT2D eigenvalue weighted by Gasteiger charge is -2.32. The van der Waals surface area contributed by atoms with E-state index in [4.69, 9.17) is 5.73 Å². The minimum absolute atomic E-state index is 0.0384. The average molecular weight is 290 g/mol. The number of nitrogens with one attached hydrogen (secondary N) is 1. The van der Waals surface area contributed by atoms with Gasteiger partial charge in [0, 0.05) is 19.1 Å². The van der Waals surface area contributed by atoms with Crippen molar-refractivity contribution in [3.05, 3.63) is 24.0 Å². The molecular formula is C16H26N4O. The predicted octanol–water partition coefficient (Wildman–Crippen LogP) is 1.84. The molecule has 1 amide bonds. The van der Waals surface area contributed by atoms with Crippen molar-refractivity contribution >= 4 is 11.6 Å². The van der Waals surface area contributed by atoms with E-state index in [1.54, 1.807) is 0 Å². The van der Waals surface area contributed by atoms with Crippen molar-refractivity contribution in [1.82, 2.24) is 10.3 Å². The molecule has 0 aliphatic carbocycles. The Morgan fingerprint density at radius 3 is 3.00 bits per heavy atom. The van der Waals surface area contributed by atoms with Crippen molar-refractivity contribution in [1.29, 1.82) is 0 Å². The van der Waals surface area contributed by atoms with Crippen LogP contribution < -0.4 is 16.0 Å². The van der Waals surface area contributed by atoms with Gasteiger partial charge in [0.2, 0.25) is 5.91 Å². The molecule has 1 aliphatic rings. The molecule has 2 heterocycles. The number of piperidine rings is 1. The molecule has 5 heteroatoms. The summed E-state index contributed by atoms with van der Waals surface area (Å²) >= 11 is 0. The number of anilines is 1. The maximum absolute atomic E-state index is 11.3. The lowest BCUT2D eigenvalue weighted by molar-refractivity contribution is -0.122. The monoisotopic (exact) mass is 290 g/mol. The van der Waals surface area contributed by atoms with E-state index in [-0.39, 0.29) is 17.9 Å². The highest BCUT2D eigenvalue weighted by Gasteiger charge is 2.24. The number of nitrogens with zero attached hydrogens (tertiary/aromatic N) is 2. The molecule has 2 atom stereocenters. The number of carbonyl (C=O) groups excluding carboxylic acids is 1. The van der Waals surface area contributed by atoms with Crippen molar-refractivity contribution in [3.63, 3.8) is 0 Å². The second-order valence-electron chi connectivity index (χ2n) is 5.80. The fourth-order valence-corrected chi connectivity index (χ4v) is 2.75. The first-order valence-electron chi connectivity index (χ1n) is 7.85. The quantitative estimate of drug-likeness (QED) is 0.838. The van der Waals surface area contributed by atoms with E-state index in [2.05, 4.69) is 41.2 Å². The molecule has 21 heavy (non-hydrogen) atoms. The smallest absolute Gasteiger partial charge is 0.222 e. The molecule has 0 bridgehead atoms. The van der Waals surface area contributed by atoms with Crippen molar-refractivity contribution < 1.29 is 4.79 Å². The Kier molecular flexibility index (Phi) is 5.56. The van der Waals surface area contributed by atoms with Crippen LogP contribution in [0.3, 0.4) is 0 Å². The highest BCUT2D eigenvalue weighted by Crippen LogP contribution is 2.23. The molecule has 0 aromatic carbocycles. The Bertz CT molecular complexity index is 460. The Labute approximate surface area is 126 Å². The van der Waals surface area contributed by atoms with Gasteiger partial charge >= 0.3 is 0 Å². The number of aromatic nitrogens is 1. The van der Waals surface area contributed by atoms with Crippen LogP contribution in [0.15, 0.2) is 18.3 Å². The summed E-state index contributed by atoms with van der Waals surface area (Å²) in [5.74, 6) is -0.231. The van der Waals surface area contributed by atoms with Gasteiger partial charge in [0.05, 0.1) is 23.5 Å². The van der Waals surface area contributed by atoms with Crippen LogP contribution in [0.25, 0.3) is 0 Å². The van der Waals surface area contributed by atoms with Gasteiger partial charge in [-0.25, -0.2) is 0 Å². The first kappa shape index (κ1) is 15.8. The maximum atomic E-state index is 11.3. The van der Waals surface area contributed by atoms with Crippen LogP contribution in [0, 0.1) is 5.92 Å². The highest BCUT2D eigenvalue weighted by molar-refractivity contribution is 5.77. The summed E-state index contributed by atoms with van der Waals surface area (Å²) in [4.78, 5) is 18.1. The number of hydrogen-bond acceptors (Lipinski definition) is 4. The molecule has 0 saturated carbocycles. The Balaban J connectivity index is 1.99. The third kappa shape index (κ3) is 4.17. The highest BCUT2D eigenvalue weighted by atomic mass is 16.1. The predicted molar refractivity (Wildman–Crippen MR) is 85.1 cm³/mol. The number of carbonyl (C=O) groups is 1. The summed E-state index contributed by atoms with van der Waals surface area (Å²) in [5, 5.41) is 3.43. The first-order chi connectivity index (χ1) is 10.1. The minimum atomic E-state index is -0.193. The molecule has 1 aliphatic heterocycles. The van der Waals surface area contributed by atoms with E-state index < -0.39 is 0 Å². The summed E-state index contributed by atoms with van der Waals surface area (Å²) in [7, 11) is 0. The molecule has 0 radical (unpaired) electrons. The lowest BCUT2D eigenvalue weighted by Crippen LogP contribution is -2.41. The number of primary amides is 1. The second-order valence-corrected chi connectivity index (χ2v) is 5.80. The van der Waals surface area contributed by atoms with Gasteiger partial charge in [0.1, 0.15) is 0 Å². The van der Waals surface area contributed by atoms with Gasteiger partial charge in [-0.05, 0) is 44.9 Å². The molecular weight excluding hydrogens is 264 g/mol. The molecule has 1 aromatic heterocycles. The van der Waals surface area contributed by atoms with Crippen LogP contribution in [-0.4, -0.2) is 30.5 Å². The summed E-state index contributed by atoms with van der Waals surface area (Å²) in [6.45, 7) is 6.95. The Hall–Kier alpha value is -1.62. The zero-order chi connectivity index (χ0) is 15.2. The molecule has 2 rings (SSSR count). The largest absolute Gasteiger partial charge is 0.369 e. The number of pyridine rings is 1. The van der Waals surface area contributed by atoms with Gasteiger partial charge in [-0.3, -0.25) is 9.78 Å². The van der Waals surface area contributed by atoms with Gasteiger partial charge in [0.15, 0.2) is 0 Å². The molecule has 1 fully saturated rings. The van der Waals surface area contributed by atoms with Crippen molar-refractivity contribution in [2.45, 2.75) is 39.2 Å². The van der Waals surface area contributed by atoms with Crippen LogP contribution in [0.1, 0.15) is 44.8 Å². The number of amides is 1. The fraction of sp³-hybridized carbons (Fsp3) is 0.625. The lowest BCUT2D eigenvalue weighted by atomic mass is 9.97. The number of hydrogen-bond donors (Lipinski definition) is 2. The van der Waals surface area contributed by atoms with E-state index in [9.17, 15) is 4.79 Å². The second kappa shape index (κ2) is 7.41. The summed E-state index contributed by atoms with van der Waals surface area (Å²) in [6.07, 6.45) is 4.92. The van der Waals surface area contributed by atoms with Crippen LogP contribution >= 0.6 is 0 Å². The molecule has 3 N–H and O–H groups in total. The standard InChI is InChI=1S/C16H26N4O/c1-3-8-18-12(2)15-7-6-14(10-19-15)20-9-4-5-13(11-20)16(17)21/h6-7,10,12-13,18H,3-5,8-9,11H2,1-2H3,(H2,17,21). The molecule has 0 spiro atoms. The van der Waals surface area contributed by atoms with Crippen molar-refractivity contribution in [3.8, 4) is 0 Å². The third-order valence-electron chi connectivity index (χ3n) is 4.10. The van der Waals surface area contributed by atoms with E-state index in [1.165, 1.54) is 0 Å². The van der Waals surface area contributed by atoms with Crippen LogP contribution in [0.5, 0.6) is 0 Å². The fourth-order valence-electron chi connectivity index (χ4n) is 2.75. The molecule has 5 nitrogen and oxygen atoms in total. The summed E-state index contributed by atoms with van der Waals surface area (Å²) in [6, 6.07) is 4.42. The molecule has 1 saturated heterocycles. The first-order valence-corrected chi connectivity index (χ1v) is 7.85. The summed E-state index contributed by atoms with van der Waals surface area (Å²) in [5.41, 5.74) is 7.56. The van der Waals surface area contributed by atoms with Crippen LogP contribution in [-0.2, 0) is 4.79 Å². The average Bonchev–Trinajstić information content (AvgIpc) is 2.53. The van der Waals surface area contributed by atoms with Gasteiger partial charge in [-0.15, -0.1) is 0 Å². The normalized spacial score (nSPS) is 20.3. The minimum Gasteiger partial charge on any atom is -0.369 e. The maximum Gasteiger partial charge on any atom is 0.222 e. The molecule has 1 aromatic rings. The topological polar surface area (TPSA) is 71.2 Å². The number of rotatable bonds is 6. The van der Waals surface area contributed by atoms with Crippen molar-refractivity contribution in [2.24, 2.45) is 11.7 Å². The van der Waals surface area contributed by atoms with Crippen LogP contribution in [0.4, 0.5) is 5.69 Å². The Morgan fingerprint density at radius 1 is 1.57 bits per heavy atom. The van der Waals surface area contributed by atoms with Gasteiger partial charge in [-0.2, -0.15) is 0 Å². The zero-order valence-corrected chi connectivity index (χ0v) is 13.0. The van der Waals surface area contributed by atoms with E-state index >= 15 is 0 Å². The molecule has 2 unspecified atom stereocenters. The Morgan fingerprint density at radius 2 is 2.38 bits per heavy atom. The van der Waals surface area contributed by atoms with E-state index in [0.717, 1.165) is 43.7 Å².